The van der Waals surface area contributed by atoms with Crippen LogP contribution in [0.5, 0.6) is 0 Å². The average Bonchev–Trinajstić information content (AvgIpc) is 2.55. The van der Waals surface area contributed by atoms with Gasteiger partial charge in [0.1, 0.15) is 0 Å². The van der Waals surface area contributed by atoms with Gasteiger partial charge in [-0.1, -0.05) is 60.7 Å². The van der Waals surface area contributed by atoms with E-state index in [0.717, 1.165) is 5.56 Å². The fourth-order valence-electron chi connectivity index (χ4n) is 2.64. The number of Topliss-reactive ketones (excluding diaryl/α,β-unsaturated/α-hetero) is 1. The molecule has 4 nitrogen and oxygen atoms in total. The Bertz CT molecular complexity index is 736. The van der Waals surface area contributed by atoms with Crippen molar-refractivity contribution in [2.45, 2.75) is 13.0 Å². The van der Waals surface area contributed by atoms with E-state index in [1.165, 1.54) is 0 Å². The first kappa shape index (κ1) is 14.1. The lowest BCUT2D eigenvalue weighted by atomic mass is 9.90. The lowest BCUT2D eigenvalue weighted by molar-refractivity contribution is 0.102. The highest BCUT2D eigenvalue weighted by molar-refractivity contribution is 6.11. The Morgan fingerprint density at radius 1 is 0.955 bits per heavy atom. The van der Waals surface area contributed by atoms with Crippen LogP contribution in [-0.2, 0) is 0 Å². The van der Waals surface area contributed by atoms with Gasteiger partial charge in [0.15, 0.2) is 5.78 Å². The van der Waals surface area contributed by atoms with Gasteiger partial charge in [-0.3, -0.25) is 4.79 Å². The van der Waals surface area contributed by atoms with Crippen LogP contribution in [0.15, 0.2) is 71.9 Å². The number of carbonyl (C=O) groups excluding carboxylic acids is 2. The third-order valence-electron chi connectivity index (χ3n) is 3.68. The number of rotatable bonds is 3. The second-order valence-corrected chi connectivity index (χ2v) is 5.18. The van der Waals surface area contributed by atoms with Crippen molar-refractivity contribution in [3.05, 3.63) is 83.1 Å². The minimum Gasteiger partial charge on any atom is -0.327 e. The summed E-state index contributed by atoms with van der Waals surface area (Å²) in [5.74, 6) is -0.0838. The summed E-state index contributed by atoms with van der Waals surface area (Å²) in [5.41, 5.74) is 2.65. The standard InChI is InChI=1S/C18H16N2O2/c1-12-15(17(21)14-10-6-3-7-11-14)16(20-18(22)19-12)13-8-4-2-5-9-13/h2-11,16H,1H3,(H2,19,20,22)/t16-/m1/s1. The molecular weight excluding hydrogens is 276 g/mol. The molecule has 110 valence electrons. The predicted octanol–water partition coefficient (Wildman–Crippen LogP) is 3.20. The van der Waals surface area contributed by atoms with Crippen LogP contribution in [0, 0.1) is 0 Å². The van der Waals surface area contributed by atoms with Crippen LogP contribution in [0.2, 0.25) is 0 Å². The largest absolute Gasteiger partial charge is 0.327 e. The van der Waals surface area contributed by atoms with Crippen LogP contribution in [0.3, 0.4) is 0 Å². The Labute approximate surface area is 128 Å². The van der Waals surface area contributed by atoms with E-state index in [1.54, 1.807) is 19.1 Å². The molecule has 4 heteroatoms. The van der Waals surface area contributed by atoms with Gasteiger partial charge in [0, 0.05) is 16.8 Å². The van der Waals surface area contributed by atoms with Gasteiger partial charge < -0.3 is 10.6 Å². The molecule has 1 aliphatic rings. The SMILES string of the molecule is CC1=C(C(=O)c2ccccc2)[C@@H](c2ccccc2)NC(=O)N1. The summed E-state index contributed by atoms with van der Waals surface area (Å²) in [6.07, 6.45) is 0. The Morgan fingerprint density at radius 2 is 1.55 bits per heavy atom. The molecule has 2 aromatic rings. The van der Waals surface area contributed by atoms with Gasteiger partial charge in [-0.05, 0) is 12.5 Å². The number of hydrogen-bond donors (Lipinski definition) is 2. The Balaban J connectivity index is 2.06. The van der Waals surface area contributed by atoms with Crippen molar-refractivity contribution >= 4 is 11.8 Å². The molecule has 2 aromatic carbocycles. The van der Waals surface area contributed by atoms with Gasteiger partial charge in [0.25, 0.3) is 0 Å². The van der Waals surface area contributed by atoms with Gasteiger partial charge in [-0.2, -0.15) is 0 Å². The van der Waals surface area contributed by atoms with E-state index in [1.807, 2.05) is 48.5 Å². The fourth-order valence-corrected chi connectivity index (χ4v) is 2.64. The molecule has 22 heavy (non-hydrogen) atoms. The molecule has 3 rings (SSSR count). The van der Waals surface area contributed by atoms with Gasteiger partial charge in [-0.15, -0.1) is 0 Å². The van der Waals surface area contributed by atoms with Gasteiger partial charge >= 0.3 is 6.03 Å². The van der Waals surface area contributed by atoms with E-state index in [2.05, 4.69) is 10.6 Å². The maximum Gasteiger partial charge on any atom is 0.319 e. The summed E-state index contributed by atoms with van der Waals surface area (Å²) < 4.78 is 0. The molecule has 1 aliphatic heterocycles. The lowest BCUT2D eigenvalue weighted by Gasteiger charge is -2.28. The average molecular weight is 292 g/mol. The second kappa shape index (κ2) is 5.85. The van der Waals surface area contributed by atoms with Crippen molar-refractivity contribution in [3.63, 3.8) is 0 Å². The highest BCUT2D eigenvalue weighted by atomic mass is 16.2. The number of hydrogen-bond acceptors (Lipinski definition) is 2. The van der Waals surface area contributed by atoms with Gasteiger partial charge in [-0.25, -0.2) is 4.79 Å². The van der Waals surface area contributed by atoms with E-state index in [9.17, 15) is 9.59 Å². The van der Waals surface area contributed by atoms with Crippen LogP contribution >= 0.6 is 0 Å². The number of benzene rings is 2. The normalized spacial score (nSPS) is 17.7. The second-order valence-electron chi connectivity index (χ2n) is 5.18. The molecule has 0 bridgehead atoms. The number of urea groups is 1. The Morgan fingerprint density at radius 3 is 2.18 bits per heavy atom. The first-order chi connectivity index (χ1) is 10.7. The van der Waals surface area contributed by atoms with E-state index >= 15 is 0 Å². The minimum absolute atomic E-state index is 0.0838. The highest BCUT2D eigenvalue weighted by Gasteiger charge is 2.31. The number of nitrogens with one attached hydrogen (secondary N) is 2. The molecule has 1 heterocycles. The van der Waals surface area contributed by atoms with Crippen molar-refractivity contribution in [1.29, 1.82) is 0 Å². The molecule has 0 fully saturated rings. The molecule has 0 spiro atoms. The molecule has 0 saturated carbocycles. The van der Waals surface area contributed by atoms with Crippen LogP contribution in [0.1, 0.15) is 28.9 Å². The quantitative estimate of drug-likeness (QED) is 0.854. The fraction of sp³-hybridized carbons (Fsp3) is 0.111. The van der Waals surface area contributed by atoms with Gasteiger partial charge in [0.05, 0.1) is 6.04 Å². The Hall–Kier alpha value is -2.88. The molecule has 2 N–H and O–H groups in total. The topological polar surface area (TPSA) is 58.2 Å². The summed E-state index contributed by atoms with van der Waals surface area (Å²) in [5, 5.41) is 5.52. The molecule has 2 amide bonds. The van der Waals surface area contributed by atoms with Crippen molar-refractivity contribution in [3.8, 4) is 0 Å². The smallest absolute Gasteiger partial charge is 0.319 e. The minimum atomic E-state index is -0.442. The van der Waals surface area contributed by atoms with Gasteiger partial charge in [0.2, 0.25) is 0 Å². The molecule has 0 unspecified atom stereocenters. The first-order valence-electron chi connectivity index (χ1n) is 7.10. The van der Waals surface area contributed by atoms with Crippen molar-refractivity contribution in [2.75, 3.05) is 0 Å². The molecule has 0 aromatic heterocycles. The molecule has 0 aliphatic carbocycles. The molecular formula is C18H16N2O2. The van der Waals surface area contributed by atoms with Crippen molar-refractivity contribution in [1.82, 2.24) is 10.6 Å². The van der Waals surface area contributed by atoms with Crippen LogP contribution in [0.25, 0.3) is 0 Å². The zero-order valence-electron chi connectivity index (χ0n) is 12.2. The zero-order valence-corrected chi connectivity index (χ0v) is 12.2. The number of allylic oxidation sites excluding steroid dienone is 1. The van der Waals surface area contributed by atoms with Crippen LogP contribution < -0.4 is 10.6 Å². The van der Waals surface area contributed by atoms with E-state index < -0.39 is 6.04 Å². The highest BCUT2D eigenvalue weighted by Crippen LogP contribution is 2.29. The molecule has 1 atom stereocenters. The summed E-state index contributed by atoms with van der Waals surface area (Å²) in [7, 11) is 0. The molecule has 0 radical (unpaired) electrons. The summed E-state index contributed by atoms with van der Waals surface area (Å²) in [4.78, 5) is 24.6. The van der Waals surface area contributed by atoms with Crippen molar-refractivity contribution in [2.24, 2.45) is 0 Å². The number of amides is 2. The predicted molar refractivity (Wildman–Crippen MR) is 84.3 cm³/mol. The monoisotopic (exact) mass is 292 g/mol. The third-order valence-corrected chi connectivity index (χ3v) is 3.68. The number of ketones is 1. The van der Waals surface area contributed by atoms with E-state index in [0.29, 0.717) is 16.8 Å². The first-order valence-corrected chi connectivity index (χ1v) is 7.10. The maximum absolute atomic E-state index is 12.9. The summed E-state index contributed by atoms with van der Waals surface area (Å²) in [6, 6.07) is 17.8. The molecule has 0 saturated heterocycles. The van der Waals surface area contributed by atoms with Crippen LogP contribution in [0.4, 0.5) is 4.79 Å². The maximum atomic E-state index is 12.9. The third kappa shape index (κ3) is 2.63. The number of carbonyl (C=O) groups is 2. The van der Waals surface area contributed by atoms with E-state index in [4.69, 9.17) is 0 Å². The van der Waals surface area contributed by atoms with Crippen LogP contribution in [-0.4, -0.2) is 11.8 Å². The van der Waals surface area contributed by atoms with Crippen molar-refractivity contribution < 1.29 is 9.59 Å². The zero-order chi connectivity index (χ0) is 15.5. The summed E-state index contributed by atoms with van der Waals surface area (Å²) in [6.45, 7) is 1.75. The Kier molecular flexibility index (Phi) is 3.74. The summed E-state index contributed by atoms with van der Waals surface area (Å²) >= 11 is 0. The van der Waals surface area contributed by atoms with E-state index in [-0.39, 0.29) is 11.8 Å². The lowest BCUT2D eigenvalue weighted by Crippen LogP contribution is -2.45.